The molecule has 3 aliphatic rings. The Morgan fingerprint density at radius 1 is 1.30 bits per heavy atom. The zero-order valence-corrected chi connectivity index (χ0v) is 13.4. The highest BCUT2D eigenvalue weighted by Crippen LogP contribution is 2.32. The topological polar surface area (TPSA) is 59.4 Å². The molecule has 1 aromatic heterocycles. The molecule has 0 aromatic carbocycles. The van der Waals surface area contributed by atoms with Crippen molar-refractivity contribution in [2.24, 2.45) is 11.8 Å². The summed E-state index contributed by atoms with van der Waals surface area (Å²) in [4.78, 5) is 14.4. The molecule has 1 aliphatic carbocycles. The van der Waals surface area contributed by atoms with Gasteiger partial charge in [-0.1, -0.05) is 12.2 Å². The molecule has 0 saturated carbocycles. The van der Waals surface area contributed by atoms with Gasteiger partial charge < -0.3 is 15.0 Å². The molecule has 2 amide bonds. The molecule has 3 heterocycles. The van der Waals surface area contributed by atoms with Gasteiger partial charge in [0.25, 0.3) is 0 Å². The molecule has 0 unspecified atom stereocenters. The lowest BCUT2D eigenvalue weighted by atomic mass is 9.86. The van der Waals surface area contributed by atoms with Crippen molar-refractivity contribution in [3.63, 3.8) is 0 Å². The van der Waals surface area contributed by atoms with E-state index < -0.39 is 0 Å². The van der Waals surface area contributed by atoms with Crippen LogP contribution in [0.4, 0.5) is 10.5 Å². The first-order valence-electron chi connectivity index (χ1n) is 8.63. The van der Waals surface area contributed by atoms with Crippen LogP contribution in [0.25, 0.3) is 0 Å². The summed E-state index contributed by atoms with van der Waals surface area (Å²) in [5.41, 5.74) is 0.765. The van der Waals surface area contributed by atoms with Crippen LogP contribution < -0.4 is 5.32 Å². The van der Waals surface area contributed by atoms with Gasteiger partial charge in [-0.15, -0.1) is 0 Å². The molecule has 124 valence electrons. The minimum atomic E-state index is -0.00364. The molecular weight excluding hydrogens is 292 g/mol. The number of likely N-dealkylation sites (tertiary alicyclic amines) is 1. The molecular formula is C17H24N4O2. The lowest BCUT2D eigenvalue weighted by Gasteiger charge is -2.17. The fourth-order valence-corrected chi connectivity index (χ4v) is 3.91. The second kappa shape index (κ2) is 6.35. The molecule has 2 aliphatic heterocycles. The summed E-state index contributed by atoms with van der Waals surface area (Å²) in [5.74, 6) is 1.26. The Morgan fingerprint density at radius 2 is 2.09 bits per heavy atom. The van der Waals surface area contributed by atoms with Gasteiger partial charge in [-0.3, -0.25) is 4.68 Å². The first kappa shape index (κ1) is 14.8. The van der Waals surface area contributed by atoms with Gasteiger partial charge in [0.05, 0.1) is 24.5 Å². The maximum Gasteiger partial charge on any atom is 0.321 e. The summed E-state index contributed by atoms with van der Waals surface area (Å²) in [6, 6.07) is -0.00364. The summed E-state index contributed by atoms with van der Waals surface area (Å²) >= 11 is 0. The second-order valence-electron chi connectivity index (χ2n) is 6.88. The molecule has 1 N–H and O–H groups in total. The molecule has 2 saturated heterocycles. The lowest BCUT2D eigenvalue weighted by Crippen LogP contribution is -2.33. The number of urea groups is 1. The van der Waals surface area contributed by atoms with Crippen molar-refractivity contribution in [1.29, 1.82) is 0 Å². The predicted octanol–water partition coefficient (Wildman–Crippen LogP) is 2.49. The standard InChI is InChI=1S/C17H24N4O2/c22-17(20-9-13-4-1-2-5-14(13)10-20)19-15-8-18-21(11-15)12-16-6-3-7-23-16/h1-2,8,11,13-14,16H,3-7,9-10,12H2,(H,19,22)/t13-,14-,16-/m0/s1. The molecule has 6 nitrogen and oxygen atoms in total. The molecule has 3 atom stereocenters. The molecule has 6 heteroatoms. The summed E-state index contributed by atoms with van der Waals surface area (Å²) in [7, 11) is 0. The van der Waals surface area contributed by atoms with E-state index in [1.807, 2.05) is 15.8 Å². The minimum absolute atomic E-state index is 0.00364. The molecule has 2 fully saturated rings. The van der Waals surface area contributed by atoms with E-state index in [0.29, 0.717) is 11.8 Å². The highest BCUT2D eigenvalue weighted by atomic mass is 16.5. The second-order valence-corrected chi connectivity index (χ2v) is 6.88. The highest BCUT2D eigenvalue weighted by molar-refractivity contribution is 5.89. The van der Waals surface area contributed by atoms with Crippen LogP contribution in [-0.2, 0) is 11.3 Å². The van der Waals surface area contributed by atoms with Crippen LogP contribution in [0.5, 0.6) is 0 Å². The molecule has 0 radical (unpaired) electrons. The summed E-state index contributed by atoms with van der Waals surface area (Å²) in [6.07, 6.45) is 12.8. The third kappa shape index (κ3) is 3.27. The van der Waals surface area contributed by atoms with Crippen LogP contribution in [0.15, 0.2) is 24.5 Å². The number of aromatic nitrogens is 2. The number of carbonyl (C=O) groups excluding carboxylic acids is 1. The molecule has 0 spiro atoms. The predicted molar refractivity (Wildman–Crippen MR) is 87.1 cm³/mol. The van der Waals surface area contributed by atoms with Crippen LogP contribution in [0.2, 0.25) is 0 Å². The molecule has 0 bridgehead atoms. The van der Waals surface area contributed by atoms with Crippen LogP contribution in [0.3, 0.4) is 0 Å². The number of anilines is 1. The first-order valence-corrected chi connectivity index (χ1v) is 8.63. The normalized spacial score (nSPS) is 29.7. The number of ether oxygens (including phenoxy) is 1. The quantitative estimate of drug-likeness (QED) is 0.872. The number of rotatable bonds is 3. The van der Waals surface area contributed by atoms with Crippen molar-refractivity contribution in [2.45, 2.75) is 38.3 Å². The van der Waals surface area contributed by atoms with E-state index in [-0.39, 0.29) is 12.1 Å². The smallest absolute Gasteiger partial charge is 0.321 e. The average Bonchev–Trinajstić information content (AvgIpc) is 3.28. The molecule has 23 heavy (non-hydrogen) atoms. The number of amides is 2. The van der Waals surface area contributed by atoms with Gasteiger partial charge in [-0.05, 0) is 37.5 Å². The van der Waals surface area contributed by atoms with Crippen LogP contribution in [0.1, 0.15) is 25.7 Å². The number of carbonyl (C=O) groups is 1. The SMILES string of the molecule is O=C(Nc1cnn(C[C@@H]2CCCO2)c1)N1C[C@@H]2CC=CC[C@H]2C1. The van der Waals surface area contributed by atoms with E-state index in [9.17, 15) is 4.79 Å². The largest absolute Gasteiger partial charge is 0.376 e. The Bertz CT molecular complexity index is 575. The van der Waals surface area contributed by atoms with Gasteiger partial charge >= 0.3 is 6.03 Å². The molecule has 4 rings (SSSR count). The Kier molecular flexibility index (Phi) is 4.08. The van der Waals surface area contributed by atoms with E-state index >= 15 is 0 Å². The number of nitrogens with one attached hydrogen (secondary N) is 1. The minimum Gasteiger partial charge on any atom is -0.376 e. The number of allylic oxidation sites excluding steroid dienone is 2. The van der Waals surface area contributed by atoms with Gasteiger partial charge in [0, 0.05) is 25.9 Å². The first-order chi connectivity index (χ1) is 11.3. The van der Waals surface area contributed by atoms with Gasteiger partial charge in [0.15, 0.2) is 0 Å². The fourth-order valence-electron chi connectivity index (χ4n) is 3.91. The van der Waals surface area contributed by atoms with Crippen molar-refractivity contribution in [1.82, 2.24) is 14.7 Å². The molecule has 1 aromatic rings. The number of hydrogen-bond donors (Lipinski definition) is 1. The lowest BCUT2D eigenvalue weighted by molar-refractivity contribution is 0.0940. The van der Waals surface area contributed by atoms with E-state index in [2.05, 4.69) is 22.6 Å². The van der Waals surface area contributed by atoms with E-state index in [1.165, 1.54) is 0 Å². The van der Waals surface area contributed by atoms with E-state index in [0.717, 1.165) is 57.6 Å². The van der Waals surface area contributed by atoms with Gasteiger partial charge in [-0.2, -0.15) is 5.10 Å². The van der Waals surface area contributed by atoms with Gasteiger partial charge in [0.1, 0.15) is 0 Å². The third-order valence-corrected chi connectivity index (χ3v) is 5.21. The van der Waals surface area contributed by atoms with E-state index in [1.54, 1.807) is 6.20 Å². The van der Waals surface area contributed by atoms with Gasteiger partial charge in [-0.25, -0.2) is 4.79 Å². The Hall–Kier alpha value is -1.82. The summed E-state index contributed by atoms with van der Waals surface area (Å²) < 4.78 is 7.48. The van der Waals surface area contributed by atoms with Crippen LogP contribution in [0, 0.1) is 11.8 Å². The number of nitrogens with zero attached hydrogens (tertiary/aromatic N) is 3. The highest BCUT2D eigenvalue weighted by Gasteiger charge is 2.35. The van der Waals surface area contributed by atoms with E-state index in [4.69, 9.17) is 4.74 Å². The van der Waals surface area contributed by atoms with Gasteiger partial charge in [0.2, 0.25) is 0 Å². The fraction of sp³-hybridized carbons (Fsp3) is 0.647. The summed E-state index contributed by atoms with van der Waals surface area (Å²) in [5, 5.41) is 7.31. The average molecular weight is 316 g/mol. The van der Waals surface area contributed by atoms with Crippen molar-refractivity contribution in [3.05, 3.63) is 24.5 Å². The Labute approximate surface area is 136 Å². The van der Waals surface area contributed by atoms with Crippen LogP contribution in [-0.4, -0.2) is 46.5 Å². The zero-order valence-electron chi connectivity index (χ0n) is 13.4. The van der Waals surface area contributed by atoms with Crippen LogP contribution >= 0.6 is 0 Å². The Balaban J connectivity index is 1.31. The van der Waals surface area contributed by atoms with Crippen molar-refractivity contribution >= 4 is 11.7 Å². The monoisotopic (exact) mass is 316 g/mol. The summed E-state index contributed by atoms with van der Waals surface area (Å²) in [6.45, 7) is 3.34. The van der Waals surface area contributed by atoms with Crippen molar-refractivity contribution < 1.29 is 9.53 Å². The van der Waals surface area contributed by atoms with Crippen molar-refractivity contribution in [2.75, 3.05) is 25.0 Å². The number of fused-ring (bicyclic) bond motifs is 1. The third-order valence-electron chi connectivity index (χ3n) is 5.21. The Morgan fingerprint density at radius 3 is 2.78 bits per heavy atom. The zero-order chi connectivity index (χ0) is 15.6. The maximum atomic E-state index is 12.4. The maximum absolute atomic E-state index is 12.4. The number of hydrogen-bond acceptors (Lipinski definition) is 3. The van der Waals surface area contributed by atoms with Crippen molar-refractivity contribution in [3.8, 4) is 0 Å².